The van der Waals surface area contributed by atoms with E-state index < -0.39 is 18.6 Å². The van der Waals surface area contributed by atoms with Crippen molar-refractivity contribution in [3.63, 3.8) is 0 Å². The summed E-state index contributed by atoms with van der Waals surface area (Å²) in [4.78, 5) is 25.7. The van der Waals surface area contributed by atoms with Crippen molar-refractivity contribution >= 4 is 31.3 Å². The van der Waals surface area contributed by atoms with E-state index in [1.165, 1.54) is 0 Å². The van der Waals surface area contributed by atoms with Gasteiger partial charge in [0.1, 0.15) is 0 Å². The summed E-state index contributed by atoms with van der Waals surface area (Å²) < 4.78 is 15.1. The molecule has 0 aromatic carbocycles. The molecule has 0 radical (unpaired) electrons. The Kier molecular flexibility index (Phi) is 5.30. The van der Waals surface area contributed by atoms with Crippen molar-refractivity contribution in [3.8, 4) is 0 Å². The molecule has 11 nitrogen and oxygen atoms in total. The SMILES string of the molecule is Nc1nc(N)c([N+](=O)[O-])c(NCCOC[P+](=O)O)n1. The van der Waals surface area contributed by atoms with E-state index in [2.05, 4.69) is 15.3 Å². The number of hydrogen-bond donors (Lipinski definition) is 4. The topological polar surface area (TPSA) is 180 Å². The van der Waals surface area contributed by atoms with E-state index in [0.29, 0.717) is 0 Å². The van der Waals surface area contributed by atoms with E-state index in [4.69, 9.17) is 21.1 Å². The minimum absolute atomic E-state index is 0.0581. The molecule has 12 heteroatoms. The van der Waals surface area contributed by atoms with Crippen LogP contribution in [0.1, 0.15) is 0 Å². The van der Waals surface area contributed by atoms with Crippen LogP contribution in [0.2, 0.25) is 0 Å². The average molecular weight is 291 g/mol. The summed E-state index contributed by atoms with van der Waals surface area (Å²) in [5.74, 6) is -0.684. The molecule has 104 valence electrons. The molecule has 1 rings (SSSR count). The van der Waals surface area contributed by atoms with Gasteiger partial charge in [0, 0.05) is 6.54 Å². The highest BCUT2D eigenvalue weighted by Crippen LogP contribution is 2.27. The molecule has 1 atom stereocenters. The second kappa shape index (κ2) is 6.73. The van der Waals surface area contributed by atoms with Crippen LogP contribution in [0.3, 0.4) is 0 Å². The van der Waals surface area contributed by atoms with Crippen LogP contribution in [0.5, 0.6) is 0 Å². The van der Waals surface area contributed by atoms with Crippen molar-refractivity contribution in [1.82, 2.24) is 9.97 Å². The van der Waals surface area contributed by atoms with Crippen LogP contribution in [0.4, 0.5) is 23.3 Å². The molecule has 0 saturated heterocycles. The highest BCUT2D eigenvalue weighted by atomic mass is 31.1. The molecule has 0 saturated carbocycles. The zero-order chi connectivity index (χ0) is 14.4. The number of nitro groups is 1. The Bertz CT molecular complexity index is 497. The maximum absolute atomic E-state index is 10.8. The zero-order valence-electron chi connectivity index (χ0n) is 9.65. The lowest BCUT2D eigenvalue weighted by molar-refractivity contribution is -0.383. The Hall–Kier alpha value is -2.10. The van der Waals surface area contributed by atoms with Gasteiger partial charge in [0.05, 0.1) is 11.5 Å². The van der Waals surface area contributed by atoms with Crippen molar-refractivity contribution in [2.45, 2.75) is 0 Å². The van der Waals surface area contributed by atoms with E-state index in [1.807, 2.05) is 0 Å². The van der Waals surface area contributed by atoms with E-state index in [-0.39, 0.29) is 37.1 Å². The summed E-state index contributed by atoms with van der Waals surface area (Å²) in [5.41, 5.74) is 10.2. The molecule has 0 aliphatic heterocycles. The number of nitrogen functional groups attached to an aromatic ring is 2. The molecular formula is C7H12N6O5P+. The first kappa shape index (κ1) is 15.0. The van der Waals surface area contributed by atoms with Gasteiger partial charge < -0.3 is 21.5 Å². The second-order valence-corrected chi connectivity index (χ2v) is 4.20. The molecule has 19 heavy (non-hydrogen) atoms. The van der Waals surface area contributed by atoms with Crippen molar-refractivity contribution in [2.75, 3.05) is 36.3 Å². The largest absolute Gasteiger partial charge is 0.534 e. The first-order valence-corrected chi connectivity index (χ1v) is 6.34. The molecule has 0 amide bonds. The molecule has 0 aliphatic carbocycles. The molecule has 1 aromatic heterocycles. The van der Waals surface area contributed by atoms with Gasteiger partial charge >= 0.3 is 13.7 Å². The van der Waals surface area contributed by atoms with E-state index in [0.717, 1.165) is 0 Å². The van der Waals surface area contributed by atoms with Gasteiger partial charge in [0.25, 0.3) is 6.35 Å². The van der Waals surface area contributed by atoms with Gasteiger partial charge in [0.15, 0.2) is 0 Å². The Morgan fingerprint density at radius 3 is 2.74 bits per heavy atom. The fourth-order valence-electron chi connectivity index (χ4n) is 1.18. The minimum Gasteiger partial charge on any atom is -0.378 e. The lowest BCUT2D eigenvalue weighted by Crippen LogP contribution is -2.14. The minimum atomic E-state index is -2.37. The van der Waals surface area contributed by atoms with Crippen LogP contribution in [0, 0.1) is 10.1 Å². The summed E-state index contributed by atoms with van der Waals surface area (Å²) in [7, 11) is -2.37. The molecule has 1 aromatic rings. The lowest BCUT2D eigenvalue weighted by atomic mass is 10.4. The summed E-state index contributed by atoms with van der Waals surface area (Å²) >= 11 is 0. The monoisotopic (exact) mass is 291 g/mol. The number of anilines is 3. The smallest absolute Gasteiger partial charge is 0.378 e. The van der Waals surface area contributed by atoms with Crippen LogP contribution in [-0.4, -0.2) is 39.3 Å². The number of nitrogens with two attached hydrogens (primary N) is 2. The lowest BCUT2D eigenvalue weighted by Gasteiger charge is -2.07. The molecule has 0 fully saturated rings. The molecule has 0 spiro atoms. The Balaban J connectivity index is 2.67. The molecule has 1 unspecified atom stereocenters. The Labute approximate surface area is 108 Å². The normalized spacial score (nSPS) is 11.1. The van der Waals surface area contributed by atoms with Crippen molar-refractivity contribution in [3.05, 3.63) is 10.1 Å². The van der Waals surface area contributed by atoms with Gasteiger partial charge in [-0.2, -0.15) is 14.9 Å². The predicted octanol–water partition coefficient (Wildman–Crippen LogP) is -0.330. The van der Waals surface area contributed by atoms with E-state index >= 15 is 0 Å². The molecule has 0 aliphatic rings. The highest BCUT2D eigenvalue weighted by molar-refractivity contribution is 7.37. The van der Waals surface area contributed by atoms with Gasteiger partial charge in [-0.3, -0.25) is 10.1 Å². The number of nitrogens with zero attached hydrogens (tertiary/aromatic N) is 3. The molecule has 1 heterocycles. The standard InChI is InChI=1S/C7H11N6O5P/c8-5-4(13(14)15)6(12-7(9)11-5)10-1-2-18-3-19(16)17/h1-3H2,(H5-,8,9,10,11,12,16,17)/p+1. The predicted molar refractivity (Wildman–Crippen MR) is 66.6 cm³/mol. The number of ether oxygens (including phenoxy) is 1. The highest BCUT2D eigenvalue weighted by Gasteiger charge is 2.22. The third-order valence-electron chi connectivity index (χ3n) is 1.85. The third-order valence-corrected chi connectivity index (χ3v) is 2.25. The van der Waals surface area contributed by atoms with Crippen LogP contribution in [0.25, 0.3) is 0 Å². The summed E-state index contributed by atoms with van der Waals surface area (Å²) in [5, 5.41) is 13.4. The van der Waals surface area contributed by atoms with Gasteiger partial charge in [-0.15, -0.1) is 0 Å². The second-order valence-electron chi connectivity index (χ2n) is 3.24. The molecular weight excluding hydrogens is 279 g/mol. The van der Waals surface area contributed by atoms with Gasteiger partial charge in [-0.1, -0.05) is 0 Å². The Morgan fingerprint density at radius 1 is 1.47 bits per heavy atom. The van der Waals surface area contributed by atoms with Crippen LogP contribution in [0.15, 0.2) is 0 Å². The first-order valence-electron chi connectivity index (χ1n) is 4.94. The maximum Gasteiger partial charge on any atom is 0.534 e. The Morgan fingerprint density at radius 2 is 2.16 bits per heavy atom. The van der Waals surface area contributed by atoms with E-state index in [1.54, 1.807) is 0 Å². The zero-order valence-corrected chi connectivity index (χ0v) is 10.5. The van der Waals surface area contributed by atoms with Gasteiger partial charge in [-0.25, -0.2) is 0 Å². The summed E-state index contributed by atoms with van der Waals surface area (Å²) in [6.45, 7) is 0.183. The fraction of sp³-hybridized carbons (Fsp3) is 0.429. The summed E-state index contributed by atoms with van der Waals surface area (Å²) in [6, 6.07) is 0. The number of aromatic nitrogens is 2. The van der Waals surface area contributed by atoms with Crippen molar-refractivity contribution in [2.24, 2.45) is 0 Å². The van der Waals surface area contributed by atoms with Crippen LogP contribution in [-0.2, 0) is 9.30 Å². The van der Waals surface area contributed by atoms with Gasteiger partial charge in [-0.05, 0) is 4.57 Å². The van der Waals surface area contributed by atoms with Gasteiger partial charge in [0.2, 0.25) is 17.6 Å². The first-order chi connectivity index (χ1) is 8.91. The van der Waals surface area contributed by atoms with Crippen LogP contribution >= 0.6 is 8.03 Å². The third kappa shape index (κ3) is 4.58. The molecule has 0 bridgehead atoms. The molecule has 6 N–H and O–H groups in total. The summed E-state index contributed by atoms with van der Waals surface area (Å²) in [6.07, 6.45) is -0.312. The number of nitrogens with one attached hydrogen (secondary N) is 1. The van der Waals surface area contributed by atoms with Crippen molar-refractivity contribution in [1.29, 1.82) is 0 Å². The van der Waals surface area contributed by atoms with Crippen LogP contribution < -0.4 is 16.8 Å². The average Bonchev–Trinajstić information content (AvgIpc) is 2.26. The fourth-order valence-corrected chi connectivity index (χ4v) is 1.46. The maximum atomic E-state index is 10.8. The van der Waals surface area contributed by atoms with E-state index in [9.17, 15) is 14.7 Å². The quantitative estimate of drug-likeness (QED) is 0.225. The number of rotatable bonds is 7. The van der Waals surface area contributed by atoms with Crippen molar-refractivity contribution < 1.29 is 19.1 Å². The number of hydrogen-bond acceptors (Lipinski definition) is 9.